The number of rotatable bonds is 5. The molecule has 1 N–H and O–H groups in total. The molecule has 3 heterocycles. The van der Waals surface area contributed by atoms with Crippen molar-refractivity contribution in [1.29, 1.82) is 0 Å². The van der Waals surface area contributed by atoms with Crippen molar-refractivity contribution < 1.29 is 23.6 Å². The van der Waals surface area contributed by atoms with E-state index in [-0.39, 0.29) is 35.9 Å². The Morgan fingerprint density at radius 2 is 1.93 bits per heavy atom. The van der Waals surface area contributed by atoms with Crippen LogP contribution in [-0.4, -0.2) is 49.3 Å². The maximum absolute atomic E-state index is 12.4. The van der Waals surface area contributed by atoms with Crippen molar-refractivity contribution in [3.8, 4) is 5.75 Å². The molecule has 2 aliphatic heterocycles. The zero-order valence-corrected chi connectivity index (χ0v) is 17.6. The maximum Gasteiger partial charge on any atom is 0.260 e. The molecule has 1 aromatic carbocycles. The van der Waals surface area contributed by atoms with E-state index in [1.54, 1.807) is 4.90 Å². The summed E-state index contributed by atoms with van der Waals surface area (Å²) < 4.78 is 16.8. The molecule has 1 fully saturated rings. The van der Waals surface area contributed by atoms with E-state index in [1.165, 1.54) is 28.4 Å². The van der Waals surface area contributed by atoms with Gasteiger partial charge in [0.2, 0.25) is 11.2 Å². The lowest BCUT2D eigenvalue weighted by atomic mass is 10.00. The van der Waals surface area contributed by atoms with Crippen molar-refractivity contribution >= 4 is 5.91 Å². The minimum atomic E-state index is -0.260. The van der Waals surface area contributed by atoms with Gasteiger partial charge >= 0.3 is 0 Å². The summed E-state index contributed by atoms with van der Waals surface area (Å²) >= 11 is 0. The first-order valence-corrected chi connectivity index (χ1v) is 10.6. The number of morpholine rings is 1. The number of carbonyl (C=O) groups is 1. The Morgan fingerprint density at radius 1 is 1.20 bits per heavy atom. The van der Waals surface area contributed by atoms with Gasteiger partial charge in [-0.2, -0.15) is 0 Å². The smallest absolute Gasteiger partial charge is 0.260 e. The van der Waals surface area contributed by atoms with Crippen molar-refractivity contribution in [2.75, 3.05) is 26.2 Å². The van der Waals surface area contributed by atoms with Gasteiger partial charge in [0.25, 0.3) is 5.91 Å². The molecule has 1 saturated heterocycles. The lowest BCUT2D eigenvalue weighted by Crippen LogP contribution is -3.10. The maximum atomic E-state index is 12.4. The monoisotopic (exact) mass is 413 g/mol. The van der Waals surface area contributed by atoms with Crippen molar-refractivity contribution in [2.24, 2.45) is 0 Å². The molecule has 0 saturated carbocycles. The summed E-state index contributed by atoms with van der Waals surface area (Å²) in [5, 5.41) is 0. The first kappa shape index (κ1) is 20.6. The number of nitrogens with zero attached hydrogens (tertiary/aromatic N) is 1. The average Bonchev–Trinajstić information content (AvgIpc) is 2.72. The molecule has 1 unspecified atom stereocenters. The second-order valence-corrected chi connectivity index (χ2v) is 8.29. The van der Waals surface area contributed by atoms with Gasteiger partial charge in [-0.05, 0) is 19.4 Å². The third kappa shape index (κ3) is 4.91. The molecule has 1 aromatic heterocycles. The summed E-state index contributed by atoms with van der Waals surface area (Å²) in [6.45, 7) is 7.32. The molecule has 0 aliphatic carbocycles. The van der Waals surface area contributed by atoms with Crippen molar-refractivity contribution in [3.63, 3.8) is 0 Å². The second-order valence-electron chi connectivity index (χ2n) is 8.29. The Balaban J connectivity index is 1.32. The molecular formula is C23H29N2O5+. The highest BCUT2D eigenvalue weighted by Gasteiger charge is 2.26. The van der Waals surface area contributed by atoms with Crippen LogP contribution in [0.5, 0.6) is 5.75 Å². The zero-order valence-electron chi connectivity index (χ0n) is 17.6. The Morgan fingerprint density at radius 3 is 2.67 bits per heavy atom. The molecule has 4 rings (SSSR count). The van der Waals surface area contributed by atoms with Crippen LogP contribution in [0.4, 0.5) is 0 Å². The predicted octanol–water partition coefficient (Wildman–Crippen LogP) is 0.796. The third-order valence-corrected chi connectivity index (χ3v) is 5.71. The first-order valence-electron chi connectivity index (χ1n) is 10.6. The molecule has 7 nitrogen and oxygen atoms in total. The summed E-state index contributed by atoms with van der Waals surface area (Å²) in [4.78, 5) is 27.9. The number of amides is 1. The van der Waals surface area contributed by atoms with Crippen molar-refractivity contribution in [2.45, 2.75) is 45.6 Å². The number of ether oxygens (including phenoxy) is 2. The molecule has 1 amide bonds. The van der Waals surface area contributed by atoms with E-state index in [0.29, 0.717) is 25.4 Å². The van der Waals surface area contributed by atoms with E-state index >= 15 is 0 Å². The van der Waals surface area contributed by atoms with Gasteiger partial charge in [-0.1, -0.05) is 24.3 Å². The summed E-state index contributed by atoms with van der Waals surface area (Å²) in [5.74, 6) is 0.543. The van der Waals surface area contributed by atoms with Gasteiger partial charge in [-0.25, -0.2) is 0 Å². The standard InChI is InChI=1S/C23H28N2O5/c1-16-10-25(11-17(2)30-16)23(27)15-29-22-14-28-20(9-21(22)26)13-24-8-7-18-5-3-4-6-19(18)12-24/h3-6,9,14,16-17H,7-8,10-13,15H2,1-2H3/p+1/t16-,17+. The lowest BCUT2D eigenvalue weighted by molar-refractivity contribution is -0.930. The predicted molar refractivity (Wildman–Crippen MR) is 110 cm³/mol. The van der Waals surface area contributed by atoms with Gasteiger partial charge in [0.05, 0.1) is 18.8 Å². The highest BCUT2D eigenvalue weighted by Crippen LogP contribution is 2.13. The molecule has 160 valence electrons. The third-order valence-electron chi connectivity index (χ3n) is 5.71. The van der Waals surface area contributed by atoms with E-state index in [1.807, 2.05) is 13.8 Å². The van der Waals surface area contributed by atoms with Crippen LogP contribution in [0.25, 0.3) is 0 Å². The first-order chi connectivity index (χ1) is 14.5. The SMILES string of the molecule is C[C@@H]1CN(C(=O)COc2coc(C[NH+]3CCc4ccccc4C3)cc2=O)C[C@H](C)O1. The number of carbonyl (C=O) groups excluding carboxylic acids is 1. The van der Waals surface area contributed by atoms with Crippen LogP contribution in [0.2, 0.25) is 0 Å². The molecule has 3 atom stereocenters. The number of fused-ring (bicyclic) bond motifs is 1. The van der Waals surface area contributed by atoms with Crippen LogP contribution in [-0.2, 0) is 29.0 Å². The fourth-order valence-corrected chi connectivity index (χ4v) is 4.29. The molecular weight excluding hydrogens is 384 g/mol. The van der Waals surface area contributed by atoms with Crippen LogP contribution < -0.4 is 15.1 Å². The Labute approximate surface area is 176 Å². The highest BCUT2D eigenvalue weighted by atomic mass is 16.5. The summed E-state index contributed by atoms with van der Waals surface area (Å²) in [6, 6.07) is 9.96. The summed E-state index contributed by atoms with van der Waals surface area (Å²) in [5.41, 5.74) is 2.50. The number of hydrogen-bond donors (Lipinski definition) is 1. The van der Waals surface area contributed by atoms with E-state index < -0.39 is 0 Å². The van der Waals surface area contributed by atoms with Crippen LogP contribution >= 0.6 is 0 Å². The topological polar surface area (TPSA) is 73.4 Å². The zero-order chi connectivity index (χ0) is 21.1. The van der Waals surface area contributed by atoms with Crippen molar-refractivity contribution in [3.05, 3.63) is 63.7 Å². The molecule has 2 aromatic rings. The highest BCUT2D eigenvalue weighted by molar-refractivity contribution is 5.77. The van der Waals surface area contributed by atoms with Gasteiger partial charge in [-0.3, -0.25) is 9.59 Å². The van der Waals surface area contributed by atoms with E-state index in [9.17, 15) is 9.59 Å². The molecule has 0 radical (unpaired) electrons. The average molecular weight is 413 g/mol. The van der Waals surface area contributed by atoms with E-state index in [4.69, 9.17) is 13.9 Å². The van der Waals surface area contributed by atoms with Crippen LogP contribution in [0.15, 0.2) is 45.8 Å². The Bertz CT molecular complexity index is 947. The minimum Gasteiger partial charge on any atom is -0.477 e. The Kier molecular flexibility index (Phi) is 6.20. The van der Waals surface area contributed by atoms with Gasteiger partial charge in [0, 0.05) is 31.1 Å². The van der Waals surface area contributed by atoms with Crippen LogP contribution in [0.3, 0.4) is 0 Å². The molecule has 30 heavy (non-hydrogen) atoms. The lowest BCUT2D eigenvalue weighted by Gasteiger charge is -2.35. The molecule has 0 bridgehead atoms. The van der Waals surface area contributed by atoms with Gasteiger partial charge in [0.15, 0.2) is 12.4 Å². The fraction of sp³-hybridized carbons (Fsp3) is 0.478. The van der Waals surface area contributed by atoms with E-state index in [2.05, 4.69) is 24.3 Å². The molecule has 2 aliphatic rings. The summed E-state index contributed by atoms with van der Waals surface area (Å²) in [7, 11) is 0. The van der Waals surface area contributed by atoms with Gasteiger partial charge in [0.1, 0.15) is 19.4 Å². The molecule has 0 spiro atoms. The normalized spacial score (nSPS) is 23.7. The number of benzene rings is 1. The molecule has 7 heteroatoms. The van der Waals surface area contributed by atoms with Gasteiger partial charge < -0.3 is 23.7 Å². The van der Waals surface area contributed by atoms with Crippen molar-refractivity contribution in [1.82, 2.24) is 4.90 Å². The summed E-state index contributed by atoms with van der Waals surface area (Å²) in [6.07, 6.45) is 2.34. The van der Waals surface area contributed by atoms with Crippen LogP contribution in [0.1, 0.15) is 30.7 Å². The quantitative estimate of drug-likeness (QED) is 0.785. The van der Waals surface area contributed by atoms with Crippen LogP contribution in [0, 0.1) is 0 Å². The van der Waals surface area contributed by atoms with E-state index in [0.717, 1.165) is 19.5 Å². The largest absolute Gasteiger partial charge is 0.477 e. The minimum absolute atomic E-state index is 0.00805. The number of quaternary nitrogens is 1. The fourth-order valence-electron chi connectivity index (χ4n) is 4.29. The van der Waals surface area contributed by atoms with Gasteiger partial charge in [-0.15, -0.1) is 0 Å². The Hall–Kier alpha value is -2.64. The second kappa shape index (κ2) is 9.02. The number of nitrogens with one attached hydrogen (secondary N) is 1. The number of hydrogen-bond acceptors (Lipinski definition) is 5.